The monoisotopic (exact) mass is 370 g/mol. The smallest absolute Gasteiger partial charge is 0.307 e. The maximum Gasteiger partial charge on any atom is 0.307 e. The van der Waals surface area contributed by atoms with E-state index in [0.717, 1.165) is 41.9 Å². The standard InChI is InChI=1S/C20H22N2O3S/c23-18-12-15(20(25-18)9-4-5-10-20)19(24)21-11-8-17-22-16(13-26-17)14-6-2-1-3-7-14/h1-3,6-7,13,15H,4-5,8-12H2,(H,21,24)/t15-/m0/s1. The molecule has 5 nitrogen and oxygen atoms in total. The van der Waals surface area contributed by atoms with Crippen molar-refractivity contribution >= 4 is 23.2 Å². The van der Waals surface area contributed by atoms with Gasteiger partial charge in [-0.25, -0.2) is 4.98 Å². The van der Waals surface area contributed by atoms with Crippen LogP contribution in [-0.2, 0) is 20.7 Å². The molecule has 2 aliphatic rings. The summed E-state index contributed by atoms with van der Waals surface area (Å²) < 4.78 is 5.55. The lowest BCUT2D eigenvalue weighted by atomic mass is 9.85. The second-order valence-corrected chi connectivity index (χ2v) is 7.98. The van der Waals surface area contributed by atoms with Gasteiger partial charge in [0.05, 0.1) is 23.0 Å². The molecule has 1 amide bonds. The molecule has 26 heavy (non-hydrogen) atoms. The second kappa shape index (κ2) is 7.19. The molecule has 2 fully saturated rings. The van der Waals surface area contributed by atoms with E-state index in [1.54, 1.807) is 11.3 Å². The van der Waals surface area contributed by atoms with E-state index in [4.69, 9.17) is 4.74 Å². The first-order valence-corrected chi connectivity index (χ1v) is 10.0. The third-order valence-corrected chi connectivity index (χ3v) is 6.26. The first-order chi connectivity index (χ1) is 12.7. The van der Waals surface area contributed by atoms with E-state index in [-0.39, 0.29) is 24.2 Å². The lowest BCUT2D eigenvalue weighted by molar-refractivity contribution is -0.149. The lowest BCUT2D eigenvalue weighted by Crippen LogP contribution is -2.43. The van der Waals surface area contributed by atoms with Gasteiger partial charge in [-0.15, -0.1) is 11.3 Å². The molecule has 1 saturated carbocycles. The highest BCUT2D eigenvalue weighted by Gasteiger charge is 2.53. The van der Waals surface area contributed by atoms with Gasteiger partial charge in [0, 0.05) is 23.9 Å². The van der Waals surface area contributed by atoms with Gasteiger partial charge in [-0.05, 0) is 25.7 Å². The average molecular weight is 370 g/mol. The Kier molecular flexibility index (Phi) is 4.76. The molecule has 0 radical (unpaired) electrons. The van der Waals surface area contributed by atoms with Crippen LogP contribution in [0.3, 0.4) is 0 Å². The fraction of sp³-hybridized carbons (Fsp3) is 0.450. The minimum absolute atomic E-state index is 0.0578. The van der Waals surface area contributed by atoms with Crippen LogP contribution in [0.4, 0.5) is 0 Å². The highest BCUT2D eigenvalue weighted by atomic mass is 32.1. The molecule has 2 heterocycles. The van der Waals surface area contributed by atoms with Gasteiger partial charge in [-0.3, -0.25) is 9.59 Å². The first kappa shape index (κ1) is 17.2. The fourth-order valence-electron chi connectivity index (χ4n) is 4.03. The number of thiazole rings is 1. The van der Waals surface area contributed by atoms with Crippen LogP contribution in [0, 0.1) is 5.92 Å². The zero-order chi connectivity index (χ0) is 18.0. The summed E-state index contributed by atoms with van der Waals surface area (Å²) in [5.41, 5.74) is 1.53. The van der Waals surface area contributed by atoms with Gasteiger partial charge >= 0.3 is 5.97 Å². The van der Waals surface area contributed by atoms with Gasteiger partial charge < -0.3 is 10.1 Å². The molecule has 1 aromatic carbocycles. The molecule has 1 atom stereocenters. The molecule has 0 bridgehead atoms. The number of amides is 1. The summed E-state index contributed by atoms with van der Waals surface area (Å²) in [6.07, 6.45) is 4.57. The SMILES string of the molecule is O=C1C[C@@H](C(=O)NCCc2nc(-c3ccccc3)cs2)C2(CCCC2)O1. The Bertz CT molecular complexity index is 796. The molecule has 1 spiro atoms. The van der Waals surface area contributed by atoms with Crippen LogP contribution in [-0.4, -0.2) is 29.0 Å². The maximum atomic E-state index is 12.6. The predicted octanol–water partition coefficient (Wildman–Crippen LogP) is 3.34. The summed E-state index contributed by atoms with van der Waals surface area (Å²) >= 11 is 1.61. The summed E-state index contributed by atoms with van der Waals surface area (Å²) in [6, 6.07) is 10.1. The molecule has 1 N–H and O–H groups in total. The van der Waals surface area contributed by atoms with Gasteiger partial charge in [0.1, 0.15) is 5.60 Å². The first-order valence-electron chi connectivity index (χ1n) is 9.16. The maximum absolute atomic E-state index is 12.6. The second-order valence-electron chi connectivity index (χ2n) is 7.04. The van der Waals surface area contributed by atoms with Crippen molar-refractivity contribution in [2.24, 2.45) is 5.92 Å². The Balaban J connectivity index is 1.33. The van der Waals surface area contributed by atoms with Gasteiger partial charge in [-0.1, -0.05) is 30.3 Å². The molecule has 4 rings (SSSR count). The van der Waals surface area contributed by atoms with Crippen LogP contribution < -0.4 is 5.32 Å². The van der Waals surface area contributed by atoms with Crippen LogP contribution in [0.25, 0.3) is 11.3 Å². The number of ether oxygens (including phenoxy) is 1. The van der Waals surface area contributed by atoms with Gasteiger partial charge in [-0.2, -0.15) is 0 Å². The molecular weight excluding hydrogens is 348 g/mol. The van der Waals surface area contributed by atoms with Crippen molar-refractivity contribution in [3.63, 3.8) is 0 Å². The van der Waals surface area contributed by atoms with Gasteiger partial charge in [0.25, 0.3) is 0 Å². The summed E-state index contributed by atoms with van der Waals surface area (Å²) in [5, 5.41) is 6.03. The number of carbonyl (C=O) groups is 2. The lowest BCUT2D eigenvalue weighted by Gasteiger charge is -2.27. The molecular formula is C20H22N2O3S. The third kappa shape index (κ3) is 3.38. The Hall–Kier alpha value is -2.21. The number of benzene rings is 1. The van der Waals surface area contributed by atoms with Crippen molar-refractivity contribution in [1.29, 1.82) is 0 Å². The van der Waals surface area contributed by atoms with Crippen molar-refractivity contribution in [2.75, 3.05) is 6.54 Å². The van der Waals surface area contributed by atoms with E-state index in [1.807, 2.05) is 35.7 Å². The van der Waals surface area contributed by atoms with Crippen LogP contribution in [0.5, 0.6) is 0 Å². The molecule has 2 aromatic rings. The van der Waals surface area contributed by atoms with Gasteiger partial charge in [0.15, 0.2) is 0 Å². The molecule has 6 heteroatoms. The number of rotatable bonds is 5. The van der Waals surface area contributed by atoms with E-state index in [2.05, 4.69) is 10.3 Å². The average Bonchev–Trinajstić information content (AvgIpc) is 3.37. The van der Waals surface area contributed by atoms with E-state index >= 15 is 0 Å². The predicted molar refractivity (Wildman–Crippen MR) is 99.7 cm³/mol. The van der Waals surface area contributed by atoms with Crippen molar-refractivity contribution in [3.8, 4) is 11.3 Å². The number of carbonyl (C=O) groups excluding carboxylic acids is 2. The van der Waals surface area contributed by atoms with Crippen LogP contribution in [0.2, 0.25) is 0 Å². The molecule has 136 valence electrons. The zero-order valence-electron chi connectivity index (χ0n) is 14.6. The summed E-state index contributed by atoms with van der Waals surface area (Å²) in [5.74, 6) is -0.634. The summed E-state index contributed by atoms with van der Waals surface area (Å²) in [4.78, 5) is 29.0. The van der Waals surface area contributed by atoms with Crippen molar-refractivity contribution in [1.82, 2.24) is 10.3 Å². The topological polar surface area (TPSA) is 68.3 Å². The third-order valence-electron chi connectivity index (χ3n) is 5.35. The molecule has 1 aliphatic carbocycles. The van der Waals surface area contributed by atoms with E-state index in [1.165, 1.54) is 0 Å². The zero-order valence-corrected chi connectivity index (χ0v) is 15.4. The summed E-state index contributed by atoms with van der Waals surface area (Å²) in [7, 11) is 0. The number of esters is 1. The van der Waals surface area contributed by atoms with Crippen LogP contribution >= 0.6 is 11.3 Å². The largest absolute Gasteiger partial charge is 0.458 e. The number of nitrogens with zero attached hydrogens (tertiary/aromatic N) is 1. The van der Waals surface area contributed by atoms with Crippen molar-refractivity contribution in [3.05, 3.63) is 40.7 Å². The highest BCUT2D eigenvalue weighted by molar-refractivity contribution is 7.09. The number of aromatic nitrogens is 1. The quantitative estimate of drug-likeness (QED) is 0.820. The molecule has 1 saturated heterocycles. The Morgan fingerprint density at radius 2 is 2.04 bits per heavy atom. The number of hydrogen-bond donors (Lipinski definition) is 1. The van der Waals surface area contributed by atoms with E-state index < -0.39 is 5.60 Å². The van der Waals surface area contributed by atoms with Crippen LogP contribution in [0.1, 0.15) is 37.1 Å². The van der Waals surface area contributed by atoms with E-state index in [9.17, 15) is 9.59 Å². The highest BCUT2D eigenvalue weighted by Crippen LogP contribution is 2.45. The molecule has 0 unspecified atom stereocenters. The Morgan fingerprint density at radius 3 is 2.81 bits per heavy atom. The van der Waals surface area contributed by atoms with E-state index in [0.29, 0.717) is 13.0 Å². The Labute approximate surface area is 156 Å². The van der Waals surface area contributed by atoms with Gasteiger partial charge in [0.2, 0.25) is 5.91 Å². The molecule has 1 aliphatic heterocycles. The normalized spacial score (nSPS) is 21.1. The Morgan fingerprint density at radius 1 is 1.27 bits per heavy atom. The minimum Gasteiger partial charge on any atom is -0.458 e. The van der Waals surface area contributed by atoms with Crippen LogP contribution in [0.15, 0.2) is 35.7 Å². The molecule has 1 aromatic heterocycles. The summed E-state index contributed by atoms with van der Waals surface area (Å²) in [6.45, 7) is 0.529. The van der Waals surface area contributed by atoms with Crippen molar-refractivity contribution in [2.45, 2.75) is 44.1 Å². The van der Waals surface area contributed by atoms with Crippen molar-refractivity contribution < 1.29 is 14.3 Å². The number of nitrogens with one attached hydrogen (secondary N) is 1. The fourth-order valence-corrected chi connectivity index (χ4v) is 4.84. The minimum atomic E-state index is -0.539. The number of hydrogen-bond acceptors (Lipinski definition) is 5.